The van der Waals surface area contributed by atoms with Gasteiger partial charge in [0, 0.05) is 30.9 Å². The quantitative estimate of drug-likeness (QED) is 0.905. The molecule has 2 nitrogen and oxygen atoms in total. The van der Waals surface area contributed by atoms with Crippen LogP contribution < -0.4 is 10.2 Å². The molecule has 2 saturated carbocycles. The van der Waals surface area contributed by atoms with Gasteiger partial charge >= 0.3 is 0 Å². The Kier molecular flexibility index (Phi) is 3.43. The van der Waals surface area contributed by atoms with Crippen LogP contribution in [0.1, 0.15) is 38.5 Å². The first-order valence-corrected chi connectivity index (χ1v) is 8.46. The molecule has 1 aromatic rings. The number of rotatable bonds is 3. The molecular formula is C18H26N2. The first kappa shape index (κ1) is 12.7. The maximum atomic E-state index is 3.99. The van der Waals surface area contributed by atoms with Crippen molar-refractivity contribution < 1.29 is 0 Å². The van der Waals surface area contributed by atoms with Crippen LogP contribution in [0.15, 0.2) is 30.3 Å². The topological polar surface area (TPSA) is 15.3 Å². The number of fused-ring (bicyclic) bond motifs is 1. The molecule has 0 radical (unpaired) electrons. The fourth-order valence-electron chi connectivity index (χ4n) is 4.36. The summed E-state index contributed by atoms with van der Waals surface area (Å²) >= 11 is 0. The maximum absolute atomic E-state index is 3.99. The lowest BCUT2D eigenvalue weighted by atomic mass is 9.93. The maximum Gasteiger partial charge on any atom is 0.0366 e. The van der Waals surface area contributed by atoms with E-state index < -0.39 is 0 Å². The van der Waals surface area contributed by atoms with Crippen molar-refractivity contribution in [2.75, 3.05) is 18.0 Å². The molecule has 20 heavy (non-hydrogen) atoms. The minimum atomic E-state index is 0.763. The van der Waals surface area contributed by atoms with Crippen LogP contribution in [-0.4, -0.2) is 25.2 Å². The van der Waals surface area contributed by atoms with E-state index >= 15 is 0 Å². The van der Waals surface area contributed by atoms with Gasteiger partial charge in [-0.2, -0.15) is 0 Å². The molecule has 3 aliphatic rings. The molecule has 1 unspecified atom stereocenters. The van der Waals surface area contributed by atoms with Gasteiger partial charge in [0.15, 0.2) is 0 Å². The van der Waals surface area contributed by atoms with E-state index in [0.29, 0.717) is 0 Å². The molecule has 1 N–H and O–H groups in total. The lowest BCUT2D eigenvalue weighted by molar-refractivity contribution is 0.294. The second kappa shape index (κ2) is 5.40. The van der Waals surface area contributed by atoms with Crippen molar-refractivity contribution in [3.63, 3.8) is 0 Å². The number of nitrogens with zero attached hydrogens (tertiary/aromatic N) is 1. The lowest BCUT2D eigenvalue weighted by Crippen LogP contribution is -2.47. The Morgan fingerprint density at radius 2 is 1.75 bits per heavy atom. The molecule has 0 amide bonds. The standard InChI is InChI=1S/C18H26N2/c1-2-6-16(7-3-1)20-11-9-15(10-12-20)19-18-8-4-5-14-13-17(14)18/h1-3,6-7,14-15,17-19H,4-5,8-13H2/t14-,17+,18?/m0/s1. The summed E-state index contributed by atoms with van der Waals surface area (Å²) in [4.78, 5) is 2.54. The predicted octanol–water partition coefficient (Wildman–Crippen LogP) is 3.43. The summed E-state index contributed by atoms with van der Waals surface area (Å²) in [5.41, 5.74) is 1.39. The van der Waals surface area contributed by atoms with Gasteiger partial charge in [-0.1, -0.05) is 31.0 Å². The first-order valence-electron chi connectivity index (χ1n) is 8.46. The zero-order valence-corrected chi connectivity index (χ0v) is 12.3. The monoisotopic (exact) mass is 270 g/mol. The summed E-state index contributed by atoms with van der Waals surface area (Å²) in [7, 11) is 0. The summed E-state index contributed by atoms with van der Waals surface area (Å²) < 4.78 is 0. The van der Waals surface area contributed by atoms with Crippen molar-refractivity contribution in [3.8, 4) is 0 Å². The van der Waals surface area contributed by atoms with Gasteiger partial charge in [0.1, 0.15) is 0 Å². The lowest BCUT2D eigenvalue weighted by Gasteiger charge is -2.36. The highest BCUT2D eigenvalue weighted by molar-refractivity contribution is 5.46. The van der Waals surface area contributed by atoms with E-state index in [1.165, 1.54) is 57.3 Å². The van der Waals surface area contributed by atoms with Crippen molar-refractivity contribution in [3.05, 3.63) is 30.3 Å². The van der Waals surface area contributed by atoms with Crippen LogP contribution in [0.4, 0.5) is 5.69 Å². The van der Waals surface area contributed by atoms with Crippen molar-refractivity contribution in [1.82, 2.24) is 5.32 Å². The minimum Gasteiger partial charge on any atom is -0.371 e. The van der Waals surface area contributed by atoms with Gasteiger partial charge in [-0.25, -0.2) is 0 Å². The molecule has 1 heterocycles. The summed E-state index contributed by atoms with van der Waals surface area (Å²) in [6, 6.07) is 12.5. The third-order valence-corrected chi connectivity index (χ3v) is 5.65. The minimum absolute atomic E-state index is 0.763. The average molecular weight is 270 g/mol. The smallest absolute Gasteiger partial charge is 0.0366 e. The van der Waals surface area contributed by atoms with Crippen LogP contribution in [0.5, 0.6) is 0 Å². The Bertz CT molecular complexity index is 436. The normalized spacial score (nSPS) is 33.8. The fraction of sp³-hybridized carbons (Fsp3) is 0.667. The average Bonchev–Trinajstić information content (AvgIpc) is 3.30. The first-order chi connectivity index (χ1) is 9.90. The summed E-state index contributed by atoms with van der Waals surface area (Å²) in [5, 5.41) is 3.99. The highest BCUT2D eigenvalue weighted by atomic mass is 15.1. The Morgan fingerprint density at radius 3 is 2.55 bits per heavy atom. The number of anilines is 1. The van der Waals surface area contributed by atoms with Gasteiger partial charge in [-0.05, 0) is 49.7 Å². The molecule has 2 aliphatic carbocycles. The number of piperidine rings is 1. The Labute approximate surface area is 122 Å². The van der Waals surface area contributed by atoms with Crippen LogP contribution in [0.25, 0.3) is 0 Å². The molecule has 1 aromatic carbocycles. The molecule has 4 rings (SSSR count). The molecule has 3 fully saturated rings. The van der Waals surface area contributed by atoms with E-state index in [1.54, 1.807) is 0 Å². The highest BCUT2D eigenvalue weighted by Gasteiger charge is 2.45. The van der Waals surface area contributed by atoms with Crippen molar-refractivity contribution in [1.29, 1.82) is 0 Å². The Hall–Kier alpha value is -1.02. The van der Waals surface area contributed by atoms with Crippen LogP contribution in [0.3, 0.4) is 0 Å². The molecule has 0 aromatic heterocycles. The number of hydrogen-bond acceptors (Lipinski definition) is 2. The van der Waals surface area contributed by atoms with E-state index in [0.717, 1.165) is 23.9 Å². The summed E-state index contributed by atoms with van der Waals surface area (Å²) in [5.74, 6) is 2.13. The Balaban J connectivity index is 1.29. The second-order valence-corrected chi connectivity index (χ2v) is 6.96. The van der Waals surface area contributed by atoms with E-state index in [4.69, 9.17) is 0 Å². The second-order valence-electron chi connectivity index (χ2n) is 6.96. The number of para-hydroxylation sites is 1. The predicted molar refractivity (Wildman–Crippen MR) is 84.0 cm³/mol. The number of benzene rings is 1. The molecule has 1 aliphatic heterocycles. The van der Waals surface area contributed by atoms with Crippen molar-refractivity contribution in [2.45, 2.75) is 50.6 Å². The third kappa shape index (κ3) is 2.58. The van der Waals surface area contributed by atoms with Gasteiger partial charge in [0.05, 0.1) is 0 Å². The molecule has 3 atom stereocenters. The number of nitrogens with one attached hydrogen (secondary N) is 1. The van der Waals surface area contributed by atoms with E-state index in [-0.39, 0.29) is 0 Å². The van der Waals surface area contributed by atoms with Gasteiger partial charge in [0.25, 0.3) is 0 Å². The number of hydrogen-bond donors (Lipinski definition) is 1. The molecule has 0 bridgehead atoms. The summed E-state index contributed by atoms with van der Waals surface area (Å²) in [6.45, 7) is 2.42. The highest BCUT2D eigenvalue weighted by Crippen LogP contribution is 2.49. The van der Waals surface area contributed by atoms with Crippen LogP contribution in [-0.2, 0) is 0 Å². The van der Waals surface area contributed by atoms with Gasteiger partial charge in [-0.15, -0.1) is 0 Å². The van der Waals surface area contributed by atoms with Crippen molar-refractivity contribution >= 4 is 5.69 Å². The van der Waals surface area contributed by atoms with Crippen LogP contribution in [0, 0.1) is 11.8 Å². The third-order valence-electron chi connectivity index (χ3n) is 5.65. The zero-order valence-electron chi connectivity index (χ0n) is 12.3. The molecule has 108 valence electrons. The van der Waals surface area contributed by atoms with Crippen molar-refractivity contribution in [2.24, 2.45) is 11.8 Å². The fourth-order valence-corrected chi connectivity index (χ4v) is 4.36. The molecular weight excluding hydrogens is 244 g/mol. The van der Waals surface area contributed by atoms with E-state index in [2.05, 4.69) is 40.5 Å². The summed E-state index contributed by atoms with van der Waals surface area (Å²) in [6.07, 6.45) is 8.53. The van der Waals surface area contributed by atoms with Gasteiger partial charge < -0.3 is 10.2 Å². The largest absolute Gasteiger partial charge is 0.371 e. The van der Waals surface area contributed by atoms with E-state index in [9.17, 15) is 0 Å². The Morgan fingerprint density at radius 1 is 0.950 bits per heavy atom. The molecule has 1 saturated heterocycles. The van der Waals surface area contributed by atoms with Gasteiger partial charge in [-0.3, -0.25) is 0 Å². The zero-order chi connectivity index (χ0) is 13.4. The van der Waals surface area contributed by atoms with Gasteiger partial charge in [0.2, 0.25) is 0 Å². The SMILES string of the molecule is c1ccc(N2CCC(NC3CCC[C@H]4C[C@@H]34)CC2)cc1. The van der Waals surface area contributed by atoms with E-state index in [1.807, 2.05) is 0 Å². The molecule has 2 heteroatoms. The van der Waals surface area contributed by atoms with Crippen LogP contribution >= 0.6 is 0 Å². The van der Waals surface area contributed by atoms with Crippen LogP contribution in [0.2, 0.25) is 0 Å². The molecule has 0 spiro atoms.